The predicted octanol–water partition coefficient (Wildman–Crippen LogP) is 4.59. The third kappa shape index (κ3) is 4.65. The molecule has 7 nitrogen and oxygen atoms in total. The van der Waals surface area contributed by atoms with Gasteiger partial charge in [0.15, 0.2) is 11.7 Å². The van der Waals surface area contributed by atoms with Gasteiger partial charge in [-0.15, -0.1) is 0 Å². The maximum absolute atomic E-state index is 14.0. The SMILES string of the molecule is C[C@]12CCSS[C@@]3(CCC[C@H](CO)C3)[C@@]3(CCCC4=C5C[C@H]1C[C@H](CO)[C@@H](CCCO)[C@@]52CC4=O)CCN=C(N)N3. The van der Waals surface area contributed by atoms with Gasteiger partial charge in [-0.05, 0) is 112 Å². The van der Waals surface area contributed by atoms with Crippen molar-refractivity contribution in [1.29, 1.82) is 0 Å². The zero-order chi connectivity index (χ0) is 28.9. The Morgan fingerprint density at radius 3 is 2.73 bits per heavy atom. The van der Waals surface area contributed by atoms with Gasteiger partial charge in [-0.2, -0.15) is 0 Å². The van der Waals surface area contributed by atoms with E-state index in [9.17, 15) is 20.1 Å². The van der Waals surface area contributed by atoms with Crippen LogP contribution in [0.4, 0.5) is 0 Å². The van der Waals surface area contributed by atoms with Crippen molar-refractivity contribution in [2.24, 2.45) is 45.2 Å². The largest absolute Gasteiger partial charge is 0.396 e. The van der Waals surface area contributed by atoms with E-state index in [0.29, 0.717) is 30.0 Å². The van der Waals surface area contributed by atoms with E-state index < -0.39 is 0 Å². The summed E-state index contributed by atoms with van der Waals surface area (Å²) in [5.41, 5.74) is 8.59. The molecule has 0 amide bonds. The molecule has 0 aromatic heterocycles. The molecule has 5 bridgehead atoms. The lowest BCUT2D eigenvalue weighted by atomic mass is 9.47. The normalized spacial score (nSPS) is 44.8. The number of carbonyl (C=O) groups excluding carboxylic acids is 1. The molecule has 0 radical (unpaired) electrons. The highest BCUT2D eigenvalue weighted by molar-refractivity contribution is 8.77. The summed E-state index contributed by atoms with van der Waals surface area (Å²) in [5.74, 6) is 3.18. The Labute approximate surface area is 253 Å². The summed E-state index contributed by atoms with van der Waals surface area (Å²) in [6, 6.07) is 0. The smallest absolute Gasteiger partial charge is 0.189 e. The van der Waals surface area contributed by atoms with Gasteiger partial charge in [-0.3, -0.25) is 9.79 Å². The van der Waals surface area contributed by atoms with Gasteiger partial charge in [0.05, 0.1) is 5.54 Å². The highest BCUT2D eigenvalue weighted by atomic mass is 33.1. The number of Topliss-reactive ketones (excluding diaryl/α,β-unsaturated/α-hetero) is 1. The van der Waals surface area contributed by atoms with Crippen molar-refractivity contribution >= 4 is 33.3 Å². The Morgan fingerprint density at radius 1 is 1.12 bits per heavy atom. The monoisotopic (exact) mass is 605 g/mol. The van der Waals surface area contributed by atoms with E-state index in [0.717, 1.165) is 101 Å². The van der Waals surface area contributed by atoms with Gasteiger partial charge < -0.3 is 26.4 Å². The van der Waals surface area contributed by atoms with Crippen LogP contribution in [-0.2, 0) is 4.79 Å². The summed E-state index contributed by atoms with van der Waals surface area (Å²) >= 11 is 0. The first-order chi connectivity index (χ1) is 19.8. The number of hydrogen-bond acceptors (Lipinski definition) is 9. The molecule has 2 heterocycles. The molecule has 9 heteroatoms. The standard InChI is InChI=1S/C32H51N3O4S2/c1-29-11-14-40-41-31(9-2-5-21(17-31)19-37)30(10-12-34-28(33)35-30)8-3-6-24-26-16-23(29)15-22(20-38)25(7-4-13-36)32(26,29)18-27(24)39/h21-23,25,36-38H,2-20H2,1H3,(H3,33,34,35)/t21-,22+,23+,25+,29-,30+,31+,32-/m0/s1. The molecule has 0 aromatic carbocycles. The molecule has 0 aromatic rings. The maximum atomic E-state index is 14.0. The summed E-state index contributed by atoms with van der Waals surface area (Å²) in [6.45, 7) is 3.78. The number of aliphatic hydroxyl groups excluding tert-OH is 3. The first-order valence-electron chi connectivity index (χ1n) is 16.2. The van der Waals surface area contributed by atoms with Crippen LogP contribution in [0.2, 0.25) is 0 Å². The number of aliphatic imine (C=N–C) groups is 1. The molecule has 2 aliphatic heterocycles. The molecule has 41 heavy (non-hydrogen) atoms. The molecule has 6 aliphatic rings. The first-order valence-corrected chi connectivity index (χ1v) is 18.6. The van der Waals surface area contributed by atoms with Crippen molar-refractivity contribution in [3.63, 3.8) is 0 Å². The fourth-order valence-corrected chi connectivity index (χ4v) is 14.8. The van der Waals surface area contributed by atoms with Gasteiger partial charge in [0.1, 0.15) is 0 Å². The molecular formula is C32H51N3O4S2. The fourth-order valence-electron chi connectivity index (χ4n) is 10.9. The van der Waals surface area contributed by atoms with Crippen LogP contribution in [0, 0.1) is 34.5 Å². The Balaban J connectivity index is 1.40. The molecule has 3 saturated carbocycles. The zero-order valence-electron chi connectivity index (χ0n) is 24.8. The number of fused-ring (bicyclic) bond motifs is 1. The van der Waals surface area contributed by atoms with Crippen molar-refractivity contribution in [2.75, 3.05) is 32.1 Å². The van der Waals surface area contributed by atoms with Crippen LogP contribution in [0.1, 0.15) is 96.8 Å². The summed E-state index contributed by atoms with van der Waals surface area (Å²) in [7, 11) is 4.07. The lowest BCUT2D eigenvalue weighted by Gasteiger charge is -2.57. The number of aliphatic hydroxyl groups is 3. The van der Waals surface area contributed by atoms with Gasteiger partial charge in [-0.1, -0.05) is 40.5 Å². The first kappa shape index (κ1) is 30.3. The van der Waals surface area contributed by atoms with Gasteiger partial charge in [0.25, 0.3) is 0 Å². The molecule has 0 saturated heterocycles. The topological polar surface area (TPSA) is 128 Å². The van der Waals surface area contributed by atoms with Crippen LogP contribution in [-0.4, -0.2) is 69.5 Å². The van der Waals surface area contributed by atoms with Crippen molar-refractivity contribution in [3.05, 3.63) is 11.1 Å². The van der Waals surface area contributed by atoms with E-state index in [-0.39, 0.29) is 52.8 Å². The second-order valence-corrected chi connectivity index (χ2v) is 17.2. The quantitative estimate of drug-likeness (QED) is 0.288. The van der Waals surface area contributed by atoms with E-state index in [2.05, 4.69) is 28.0 Å². The summed E-state index contributed by atoms with van der Waals surface area (Å²) in [6.07, 6.45) is 13.2. The Morgan fingerprint density at radius 2 is 1.98 bits per heavy atom. The minimum atomic E-state index is -0.201. The van der Waals surface area contributed by atoms with Crippen molar-refractivity contribution in [2.45, 2.75) is 107 Å². The van der Waals surface area contributed by atoms with Gasteiger partial charge in [0, 0.05) is 48.7 Å². The number of nitrogens with one attached hydrogen (secondary N) is 1. The highest BCUT2D eigenvalue weighted by Crippen LogP contribution is 2.75. The van der Waals surface area contributed by atoms with Crippen molar-refractivity contribution in [3.8, 4) is 0 Å². The summed E-state index contributed by atoms with van der Waals surface area (Å²) < 4.78 is -0.0432. The fraction of sp³-hybridized carbons (Fsp3) is 0.875. The van der Waals surface area contributed by atoms with Crippen LogP contribution in [0.15, 0.2) is 16.1 Å². The van der Waals surface area contributed by atoms with Gasteiger partial charge >= 0.3 is 0 Å². The van der Waals surface area contributed by atoms with Crippen LogP contribution < -0.4 is 11.1 Å². The van der Waals surface area contributed by atoms with Crippen molar-refractivity contribution in [1.82, 2.24) is 5.32 Å². The molecule has 0 unspecified atom stereocenters. The zero-order valence-corrected chi connectivity index (χ0v) is 26.5. The van der Waals surface area contributed by atoms with E-state index >= 15 is 0 Å². The maximum Gasteiger partial charge on any atom is 0.189 e. The molecule has 6 rings (SSSR count). The van der Waals surface area contributed by atoms with Crippen LogP contribution >= 0.6 is 21.6 Å². The molecule has 3 spiro atoms. The number of rotatable bonds is 5. The minimum absolute atomic E-state index is 0.0262. The van der Waals surface area contributed by atoms with Crippen molar-refractivity contribution < 1.29 is 20.1 Å². The number of carbonyl (C=O) groups is 1. The molecular weight excluding hydrogens is 555 g/mol. The lowest BCUT2D eigenvalue weighted by molar-refractivity contribution is -0.125. The third-order valence-corrected chi connectivity index (χ3v) is 16.2. The van der Waals surface area contributed by atoms with E-state index in [1.54, 1.807) is 0 Å². The van der Waals surface area contributed by atoms with Crippen LogP contribution in [0.3, 0.4) is 0 Å². The van der Waals surface area contributed by atoms with Crippen LogP contribution in [0.5, 0.6) is 0 Å². The second-order valence-electron chi connectivity index (χ2n) is 14.4. The molecule has 6 N–H and O–H groups in total. The summed E-state index contributed by atoms with van der Waals surface area (Å²) in [5, 5.41) is 34.3. The average molecular weight is 606 g/mol. The lowest BCUT2D eigenvalue weighted by Crippen LogP contribution is -2.67. The number of hydrogen-bond donors (Lipinski definition) is 5. The molecule has 8 atom stereocenters. The van der Waals surface area contributed by atoms with Crippen LogP contribution in [0.25, 0.3) is 0 Å². The highest BCUT2D eigenvalue weighted by Gasteiger charge is 2.69. The predicted molar refractivity (Wildman–Crippen MR) is 168 cm³/mol. The second kappa shape index (κ2) is 11.6. The van der Waals surface area contributed by atoms with E-state index in [1.165, 1.54) is 5.57 Å². The van der Waals surface area contributed by atoms with Gasteiger partial charge in [0.2, 0.25) is 0 Å². The molecule has 230 valence electrons. The minimum Gasteiger partial charge on any atom is -0.396 e. The Hall–Kier alpha value is -0.740. The molecule has 3 fully saturated rings. The number of allylic oxidation sites excluding steroid dienone is 2. The molecule has 4 aliphatic carbocycles. The third-order valence-electron chi connectivity index (χ3n) is 12.8. The number of guanidine groups is 1. The summed E-state index contributed by atoms with van der Waals surface area (Å²) in [4.78, 5) is 18.5. The Bertz CT molecular complexity index is 1090. The average Bonchev–Trinajstić information content (AvgIpc) is 3.30. The Kier molecular flexibility index (Phi) is 8.60. The number of nitrogens with zero attached hydrogens (tertiary/aromatic N) is 1. The van der Waals surface area contributed by atoms with E-state index in [4.69, 9.17) is 5.73 Å². The van der Waals surface area contributed by atoms with Gasteiger partial charge in [-0.25, -0.2) is 0 Å². The number of nitrogens with two attached hydrogens (primary N) is 1. The number of ketones is 1. The van der Waals surface area contributed by atoms with E-state index in [1.807, 2.05) is 10.8 Å².